The van der Waals surface area contributed by atoms with Gasteiger partial charge in [-0.05, 0) is 70.5 Å². The van der Waals surface area contributed by atoms with Crippen LogP contribution in [0.4, 0.5) is 11.4 Å². The minimum atomic E-state index is -3.82. The van der Waals surface area contributed by atoms with E-state index >= 15 is 0 Å². The van der Waals surface area contributed by atoms with E-state index in [1.165, 1.54) is 38.4 Å². The highest BCUT2D eigenvalue weighted by molar-refractivity contribution is 7.87. The van der Waals surface area contributed by atoms with Crippen LogP contribution in [0.1, 0.15) is 49.1 Å². The summed E-state index contributed by atoms with van der Waals surface area (Å²) in [5.41, 5.74) is 2.25. The second-order valence-electron chi connectivity index (χ2n) is 10.1. The summed E-state index contributed by atoms with van der Waals surface area (Å²) in [6.45, 7) is 9.03. The number of likely N-dealkylation sites (N-methyl/N-ethyl adjacent to an activating group) is 1. The lowest BCUT2D eigenvalue weighted by Crippen LogP contribution is -2.52. The van der Waals surface area contributed by atoms with E-state index in [2.05, 4.69) is 5.32 Å². The lowest BCUT2D eigenvalue weighted by molar-refractivity contribution is -0.131. The summed E-state index contributed by atoms with van der Waals surface area (Å²) in [5, 5.41) is 2.59. The van der Waals surface area contributed by atoms with Crippen molar-refractivity contribution in [3.63, 3.8) is 0 Å². The number of carbonyl (C=O) groups excluding carboxylic acids is 2. The third kappa shape index (κ3) is 5.33. The Balaban J connectivity index is 1.99. The molecule has 2 heterocycles. The van der Waals surface area contributed by atoms with Crippen LogP contribution in [0.15, 0.2) is 42.5 Å². The molecule has 0 spiro atoms. The van der Waals surface area contributed by atoms with Crippen molar-refractivity contribution >= 4 is 45.2 Å². The van der Waals surface area contributed by atoms with Crippen LogP contribution in [0.3, 0.4) is 0 Å². The summed E-state index contributed by atoms with van der Waals surface area (Å²) < 4.78 is 41.4. The van der Waals surface area contributed by atoms with E-state index < -0.39 is 27.0 Å². The SMILES string of the molecule is COc1cc(OS(=O)(=O)C(C)C)ccc1-c1ccc2c(c1C(OC=O)c1ccc(C)s1)N(C)C(=O)C(C)(C)N2. The normalized spacial score (nSPS) is 15.4. The minimum absolute atomic E-state index is 0.106. The molecular formula is C28H32N2O7S2. The van der Waals surface area contributed by atoms with Crippen LogP contribution in [-0.2, 0) is 24.4 Å². The van der Waals surface area contributed by atoms with Gasteiger partial charge in [0, 0.05) is 29.1 Å². The molecule has 2 aromatic carbocycles. The molecule has 1 amide bonds. The summed E-state index contributed by atoms with van der Waals surface area (Å²) in [7, 11) is -0.653. The van der Waals surface area contributed by atoms with Crippen LogP contribution in [0.2, 0.25) is 0 Å². The number of ether oxygens (including phenoxy) is 2. The molecule has 1 N–H and O–H groups in total. The van der Waals surface area contributed by atoms with E-state index in [1.54, 1.807) is 37.9 Å². The average Bonchev–Trinajstić information content (AvgIpc) is 3.31. The van der Waals surface area contributed by atoms with Gasteiger partial charge < -0.3 is 23.9 Å². The molecule has 11 heteroatoms. The van der Waals surface area contributed by atoms with E-state index in [0.717, 1.165) is 9.75 Å². The Hall–Kier alpha value is -3.57. The van der Waals surface area contributed by atoms with E-state index in [1.807, 2.05) is 31.2 Å². The highest BCUT2D eigenvalue weighted by atomic mass is 32.2. The van der Waals surface area contributed by atoms with Crippen molar-refractivity contribution in [2.24, 2.45) is 0 Å². The third-order valence-corrected chi connectivity index (χ3v) is 9.19. The van der Waals surface area contributed by atoms with E-state index in [0.29, 0.717) is 40.3 Å². The van der Waals surface area contributed by atoms with Crippen LogP contribution >= 0.6 is 11.3 Å². The Morgan fingerprint density at radius 3 is 2.36 bits per heavy atom. The molecule has 39 heavy (non-hydrogen) atoms. The van der Waals surface area contributed by atoms with E-state index in [4.69, 9.17) is 13.7 Å². The Kier molecular flexibility index (Phi) is 7.68. The number of benzene rings is 2. The number of hydrogen-bond acceptors (Lipinski definition) is 9. The van der Waals surface area contributed by atoms with Gasteiger partial charge in [0.05, 0.1) is 28.6 Å². The van der Waals surface area contributed by atoms with Gasteiger partial charge in [-0.15, -0.1) is 11.3 Å². The quantitative estimate of drug-likeness (QED) is 0.272. The van der Waals surface area contributed by atoms with Crippen LogP contribution in [-0.4, -0.2) is 45.7 Å². The van der Waals surface area contributed by atoms with Crippen molar-refractivity contribution in [1.29, 1.82) is 0 Å². The molecule has 0 saturated carbocycles. The molecule has 4 rings (SSSR count). The van der Waals surface area contributed by atoms with Crippen molar-refractivity contribution in [2.75, 3.05) is 24.4 Å². The predicted octanol–water partition coefficient (Wildman–Crippen LogP) is 5.28. The molecule has 3 aromatic rings. The van der Waals surface area contributed by atoms with Crippen molar-refractivity contribution < 1.29 is 31.7 Å². The predicted molar refractivity (Wildman–Crippen MR) is 152 cm³/mol. The highest BCUT2D eigenvalue weighted by Gasteiger charge is 2.40. The van der Waals surface area contributed by atoms with Gasteiger partial charge >= 0.3 is 10.1 Å². The van der Waals surface area contributed by atoms with Gasteiger partial charge in [-0.1, -0.05) is 6.07 Å². The zero-order chi connectivity index (χ0) is 28.7. The number of methoxy groups -OCH3 is 1. The van der Waals surface area contributed by atoms with Crippen LogP contribution in [0, 0.1) is 6.92 Å². The van der Waals surface area contributed by atoms with Crippen molar-refractivity contribution in [3.05, 3.63) is 57.8 Å². The van der Waals surface area contributed by atoms with Crippen molar-refractivity contribution in [1.82, 2.24) is 0 Å². The molecule has 1 aliphatic heterocycles. The molecule has 1 unspecified atom stereocenters. The van der Waals surface area contributed by atoms with Crippen molar-refractivity contribution in [2.45, 2.75) is 51.5 Å². The lowest BCUT2D eigenvalue weighted by atomic mass is 9.88. The maximum absolute atomic E-state index is 13.3. The molecule has 208 valence electrons. The maximum atomic E-state index is 13.3. The van der Waals surface area contributed by atoms with Gasteiger partial charge in [-0.25, -0.2) is 0 Å². The van der Waals surface area contributed by atoms with Gasteiger partial charge in [0.2, 0.25) is 0 Å². The number of fused-ring (bicyclic) bond motifs is 1. The standard InChI is InChI=1S/C28H32N2O7S2/c1-16(2)39(33,34)37-18-9-10-19(22(14-18)35-7)20-11-12-21-25(30(6)27(32)28(4,5)29-21)24(20)26(36-15-31)23-13-8-17(3)38-23/h8-16,26,29H,1-7H3. The fourth-order valence-corrected chi connectivity index (χ4v) is 6.07. The van der Waals surface area contributed by atoms with Gasteiger partial charge in [0.25, 0.3) is 12.4 Å². The molecule has 1 atom stereocenters. The monoisotopic (exact) mass is 572 g/mol. The topological polar surface area (TPSA) is 111 Å². The first-order valence-electron chi connectivity index (χ1n) is 12.3. The van der Waals surface area contributed by atoms with Gasteiger partial charge in [0.1, 0.15) is 17.0 Å². The lowest BCUT2D eigenvalue weighted by Gasteiger charge is -2.40. The summed E-state index contributed by atoms with van der Waals surface area (Å²) in [4.78, 5) is 28.5. The van der Waals surface area contributed by atoms with Crippen molar-refractivity contribution in [3.8, 4) is 22.6 Å². The molecular weight excluding hydrogens is 540 g/mol. The third-order valence-electron chi connectivity index (χ3n) is 6.57. The Morgan fingerprint density at radius 2 is 1.77 bits per heavy atom. The summed E-state index contributed by atoms with van der Waals surface area (Å²) in [6, 6.07) is 12.3. The Labute approximate surface area is 232 Å². The molecule has 1 aliphatic rings. The first-order chi connectivity index (χ1) is 18.3. The molecule has 9 nitrogen and oxygen atoms in total. The molecule has 0 fully saturated rings. The number of amides is 1. The molecule has 0 aliphatic carbocycles. The molecule has 0 saturated heterocycles. The largest absolute Gasteiger partial charge is 0.496 e. The molecule has 0 radical (unpaired) electrons. The molecule has 1 aromatic heterocycles. The van der Waals surface area contributed by atoms with Gasteiger partial charge in [-0.3, -0.25) is 9.59 Å². The first-order valence-corrected chi connectivity index (χ1v) is 14.6. The van der Waals surface area contributed by atoms with Crippen LogP contribution in [0.25, 0.3) is 11.1 Å². The van der Waals surface area contributed by atoms with E-state index in [9.17, 15) is 18.0 Å². The summed E-state index contributed by atoms with van der Waals surface area (Å²) in [5.74, 6) is 0.294. The summed E-state index contributed by atoms with van der Waals surface area (Å²) >= 11 is 1.48. The number of hydrogen-bond donors (Lipinski definition) is 1. The number of nitrogens with zero attached hydrogens (tertiary/aromatic N) is 1. The number of thiophene rings is 1. The number of nitrogens with one attached hydrogen (secondary N) is 1. The number of anilines is 2. The second kappa shape index (κ2) is 10.5. The van der Waals surface area contributed by atoms with Crippen LogP contribution in [0.5, 0.6) is 11.5 Å². The van der Waals surface area contributed by atoms with E-state index in [-0.39, 0.29) is 11.7 Å². The number of rotatable bonds is 9. The van der Waals surface area contributed by atoms with Gasteiger partial charge in [-0.2, -0.15) is 8.42 Å². The fourth-order valence-electron chi connectivity index (χ4n) is 4.58. The first kappa shape index (κ1) is 28.4. The zero-order valence-corrected chi connectivity index (χ0v) is 24.5. The van der Waals surface area contributed by atoms with Crippen LogP contribution < -0.4 is 19.1 Å². The smallest absolute Gasteiger partial charge is 0.311 e. The van der Waals surface area contributed by atoms with Gasteiger partial charge in [0.15, 0.2) is 6.10 Å². The number of carbonyl (C=O) groups is 2. The zero-order valence-electron chi connectivity index (χ0n) is 22.9. The highest BCUT2D eigenvalue weighted by Crippen LogP contribution is 2.49. The average molecular weight is 573 g/mol. The summed E-state index contributed by atoms with van der Waals surface area (Å²) in [6.07, 6.45) is -0.827. The number of aryl methyl sites for hydroxylation is 1. The molecule has 0 bridgehead atoms. The Bertz CT molecular complexity index is 1530. The fraction of sp³-hybridized carbons (Fsp3) is 0.357. The maximum Gasteiger partial charge on any atom is 0.311 e. The Morgan fingerprint density at radius 1 is 1.08 bits per heavy atom. The minimum Gasteiger partial charge on any atom is -0.496 e. The second-order valence-corrected chi connectivity index (χ2v) is 13.5.